The molecule has 2 atom stereocenters. The predicted octanol–water partition coefficient (Wildman–Crippen LogP) is 2.67. The number of hydrogen-bond donors (Lipinski definition) is 1. The van der Waals surface area contributed by atoms with Gasteiger partial charge in [0.1, 0.15) is 12.2 Å². The summed E-state index contributed by atoms with van der Waals surface area (Å²) < 4.78 is 2.21. The lowest BCUT2D eigenvalue weighted by Gasteiger charge is -2.31. The maximum Gasteiger partial charge on any atom is 0.141 e. The Morgan fingerprint density at radius 3 is 2.89 bits per heavy atom. The molecule has 2 aliphatic carbocycles. The standard InChI is InChI=1S/C14H24N4/c1-2-11-5-3-4-6-13(11)18-14(16-10-17-18)9-15-12-7-8-12/h10-13,15H,2-9H2,1H3. The molecule has 0 saturated heterocycles. The molecular weight excluding hydrogens is 224 g/mol. The van der Waals surface area contributed by atoms with Crippen LogP contribution in [0.1, 0.15) is 63.7 Å². The fourth-order valence-electron chi connectivity index (χ4n) is 3.19. The van der Waals surface area contributed by atoms with Crippen LogP contribution in [0.4, 0.5) is 0 Å². The topological polar surface area (TPSA) is 42.7 Å². The number of nitrogens with zero attached hydrogens (tertiary/aromatic N) is 3. The van der Waals surface area contributed by atoms with E-state index in [0.717, 1.165) is 24.3 Å². The van der Waals surface area contributed by atoms with Crippen molar-refractivity contribution < 1.29 is 0 Å². The Kier molecular flexibility index (Phi) is 3.64. The van der Waals surface area contributed by atoms with Crippen LogP contribution in [0.3, 0.4) is 0 Å². The van der Waals surface area contributed by atoms with E-state index in [4.69, 9.17) is 0 Å². The van der Waals surface area contributed by atoms with Gasteiger partial charge < -0.3 is 5.32 Å². The van der Waals surface area contributed by atoms with Gasteiger partial charge in [-0.15, -0.1) is 0 Å². The van der Waals surface area contributed by atoms with Gasteiger partial charge in [0.05, 0.1) is 12.6 Å². The van der Waals surface area contributed by atoms with Gasteiger partial charge in [-0.1, -0.05) is 26.2 Å². The molecule has 2 fully saturated rings. The van der Waals surface area contributed by atoms with Crippen LogP contribution in [0.25, 0.3) is 0 Å². The highest BCUT2D eigenvalue weighted by atomic mass is 15.4. The molecule has 3 rings (SSSR count). The minimum atomic E-state index is 0.585. The van der Waals surface area contributed by atoms with Gasteiger partial charge in [-0.2, -0.15) is 5.10 Å². The summed E-state index contributed by atoms with van der Waals surface area (Å²) >= 11 is 0. The molecule has 0 aliphatic heterocycles. The van der Waals surface area contributed by atoms with E-state index in [2.05, 4.69) is 27.0 Å². The first kappa shape index (κ1) is 12.2. The van der Waals surface area contributed by atoms with Gasteiger partial charge in [0.15, 0.2) is 0 Å². The van der Waals surface area contributed by atoms with Crippen LogP contribution in [0.5, 0.6) is 0 Å². The van der Waals surface area contributed by atoms with Crippen LogP contribution < -0.4 is 5.32 Å². The Labute approximate surface area is 109 Å². The zero-order valence-electron chi connectivity index (χ0n) is 11.3. The third kappa shape index (κ3) is 2.58. The van der Waals surface area contributed by atoms with Crippen LogP contribution in [0.15, 0.2) is 6.33 Å². The van der Waals surface area contributed by atoms with E-state index in [0.29, 0.717) is 6.04 Å². The van der Waals surface area contributed by atoms with Gasteiger partial charge in [-0.05, 0) is 31.6 Å². The molecule has 0 bridgehead atoms. The first-order valence-electron chi connectivity index (χ1n) is 7.50. The molecule has 100 valence electrons. The number of aromatic nitrogens is 3. The number of rotatable bonds is 5. The molecule has 4 nitrogen and oxygen atoms in total. The summed E-state index contributed by atoms with van der Waals surface area (Å²) in [6.45, 7) is 3.19. The molecule has 1 N–H and O–H groups in total. The van der Waals surface area contributed by atoms with Crippen LogP contribution in [-0.4, -0.2) is 20.8 Å². The van der Waals surface area contributed by atoms with Gasteiger partial charge in [-0.3, -0.25) is 0 Å². The van der Waals surface area contributed by atoms with Gasteiger partial charge in [0.25, 0.3) is 0 Å². The van der Waals surface area contributed by atoms with E-state index in [1.54, 1.807) is 6.33 Å². The van der Waals surface area contributed by atoms with Gasteiger partial charge in [0.2, 0.25) is 0 Å². The monoisotopic (exact) mass is 248 g/mol. The molecule has 0 spiro atoms. The van der Waals surface area contributed by atoms with E-state index in [1.165, 1.54) is 44.9 Å². The second-order valence-electron chi connectivity index (χ2n) is 5.80. The maximum absolute atomic E-state index is 4.50. The molecule has 4 heteroatoms. The van der Waals surface area contributed by atoms with Crippen LogP contribution in [-0.2, 0) is 6.54 Å². The van der Waals surface area contributed by atoms with Crippen molar-refractivity contribution in [2.75, 3.05) is 0 Å². The minimum Gasteiger partial charge on any atom is -0.307 e. The number of nitrogens with one attached hydrogen (secondary N) is 1. The molecule has 1 aromatic heterocycles. The molecule has 0 amide bonds. The first-order valence-corrected chi connectivity index (χ1v) is 7.50. The van der Waals surface area contributed by atoms with Gasteiger partial charge in [-0.25, -0.2) is 9.67 Å². The van der Waals surface area contributed by atoms with Crippen molar-refractivity contribution in [3.8, 4) is 0 Å². The van der Waals surface area contributed by atoms with Crippen molar-refractivity contribution in [2.24, 2.45) is 5.92 Å². The predicted molar refractivity (Wildman–Crippen MR) is 71.2 cm³/mol. The number of hydrogen-bond acceptors (Lipinski definition) is 3. The Bertz CT molecular complexity index is 383. The van der Waals surface area contributed by atoms with Crippen molar-refractivity contribution >= 4 is 0 Å². The smallest absolute Gasteiger partial charge is 0.141 e. The molecule has 1 aromatic rings. The van der Waals surface area contributed by atoms with Crippen LogP contribution >= 0.6 is 0 Å². The average Bonchev–Trinajstić information content (AvgIpc) is 3.13. The molecule has 0 aromatic carbocycles. The van der Waals surface area contributed by atoms with E-state index in [-0.39, 0.29) is 0 Å². The maximum atomic E-state index is 4.50. The fourth-order valence-corrected chi connectivity index (χ4v) is 3.19. The average molecular weight is 248 g/mol. The SMILES string of the molecule is CCC1CCCCC1n1ncnc1CNC1CC1. The summed E-state index contributed by atoms with van der Waals surface area (Å²) in [5.74, 6) is 1.92. The van der Waals surface area contributed by atoms with E-state index < -0.39 is 0 Å². The highest BCUT2D eigenvalue weighted by Gasteiger charge is 2.28. The van der Waals surface area contributed by atoms with Crippen molar-refractivity contribution in [1.29, 1.82) is 0 Å². The lowest BCUT2D eigenvalue weighted by atomic mass is 9.83. The van der Waals surface area contributed by atoms with Crippen molar-refractivity contribution in [1.82, 2.24) is 20.1 Å². The van der Waals surface area contributed by atoms with Crippen LogP contribution in [0.2, 0.25) is 0 Å². The zero-order chi connectivity index (χ0) is 12.4. The molecule has 1 heterocycles. The van der Waals surface area contributed by atoms with E-state index in [1.807, 2.05) is 0 Å². The third-order valence-electron chi connectivity index (χ3n) is 4.48. The Hall–Kier alpha value is -0.900. The second kappa shape index (κ2) is 5.39. The van der Waals surface area contributed by atoms with Crippen molar-refractivity contribution in [3.63, 3.8) is 0 Å². The summed E-state index contributed by atoms with van der Waals surface area (Å²) in [7, 11) is 0. The van der Waals surface area contributed by atoms with Gasteiger partial charge in [0, 0.05) is 6.04 Å². The normalized spacial score (nSPS) is 28.5. The Morgan fingerprint density at radius 2 is 2.11 bits per heavy atom. The molecule has 2 aliphatic rings. The lowest BCUT2D eigenvalue weighted by molar-refractivity contribution is 0.211. The fraction of sp³-hybridized carbons (Fsp3) is 0.857. The summed E-state index contributed by atoms with van der Waals surface area (Å²) in [6, 6.07) is 1.32. The third-order valence-corrected chi connectivity index (χ3v) is 4.48. The van der Waals surface area contributed by atoms with E-state index in [9.17, 15) is 0 Å². The van der Waals surface area contributed by atoms with Crippen molar-refractivity contribution in [2.45, 2.75) is 70.5 Å². The molecular formula is C14H24N4. The lowest BCUT2D eigenvalue weighted by Crippen LogP contribution is -2.27. The summed E-state index contributed by atoms with van der Waals surface area (Å²) in [5, 5.41) is 8.05. The second-order valence-corrected chi connectivity index (χ2v) is 5.80. The quantitative estimate of drug-likeness (QED) is 0.871. The molecule has 0 radical (unpaired) electrons. The highest BCUT2D eigenvalue weighted by Crippen LogP contribution is 2.35. The summed E-state index contributed by atoms with van der Waals surface area (Å²) in [5.41, 5.74) is 0. The zero-order valence-corrected chi connectivity index (χ0v) is 11.3. The first-order chi connectivity index (χ1) is 8.88. The molecule has 2 unspecified atom stereocenters. The Morgan fingerprint density at radius 1 is 1.28 bits per heavy atom. The summed E-state index contributed by atoms with van der Waals surface area (Å²) in [6.07, 6.45) is 11.0. The highest BCUT2D eigenvalue weighted by molar-refractivity contribution is 4.93. The molecule has 18 heavy (non-hydrogen) atoms. The largest absolute Gasteiger partial charge is 0.307 e. The summed E-state index contributed by atoms with van der Waals surface area (Å²) in [4.78, 5) is 4.45. The van der Waals surface area contributed by atoms with Crippen LogP contribution in [0, 0.1) is 5.92 Å². The van der Waals surface area contributed by atoms with Crippen molar-refractivity contribution in [3.05, 3.63) is 12.2 Å². The molecule has 2 saturated carbocycles. The minimum absolute atomic E-state index is 0.585. The van der Waals surface area contributed by atoms with E-state index >= 15 is 0 Å². The van der Waals surface area contributed by atoms with Gasteiger partial charge >= 0.3 is 0 Å². The Balaban J connectivity index is 1.70.